The highest BCUT2D eigenvalue weighted by Gasteiger charge is 2.23. The molecule has 0 spiro atoms. The largest absolute Gasteiger partial charge is 0.345 e. The van der Waals surface area contributed by atoms with E-state index in [9.17, 15) is 8.78 Å². The Morgan fingerprint density at radius 3 is 2.60 bits per heavy atom. The first-order valence-corrected chi connectivity index (χ1v) is 5.99. The summed E-state index contributed by atoms with van der Waals surface area (Å²) in [6, 6.07) is 1.73. The highest BCUT2D eigenvalue weighted by Crippen LogP contribution is 2.39. The maximum absolute atomic E-state index is 13.2. The summed E-state index contributed by atoms with van der Waals surface area (Å²) in [7, 11) is 0. The Hall–Kier alpha value is -0.560. The second-order valence-corrected chi connectivity index (χ2v) is 5.19. The van der Waals surface area contributed by atoms with Gasteiger partial charge in [-0.05, 0) is 6.07 Å². The van der Waals surface area contributed by atoms with E-state index in [1.54, 1.807) is 6.07 Å². The smallest absolute Gasteiger partial charge is 0.214 e. The van der Waals surface area contributed by atoms with E-state index < -0.39 is 17.2 Å². The van der Waals surface area contributed by atoms with Gasteiger partial charge < -0.3 is 9.47 Å². The van der Waals surface area contributed by atoms with Gasteiger partial charge in [-0.1, -0.05) is 0 Å². The van der Waals surface area contributed by atoms with Crippen molar-refractivity contribution in [1.29, 1.82) is 0 Å². The van der Waals surface area contributed by atoms with Crippen molar-refractivity contribution in [3.8, 4) is 0 Å². The van der Waals surface area contributed by atoms with Crippen LogP contribution >= 0.6 is 22.7 Å². The van der Waals surface area contributed by atoms with Crippen LogP contribution in [0.4, 0.5) is 8.78 Å². The molecule has 1 fully saturated rings. The van der Waals surface area contributed by atoms with Crippen LogP contribution in [0.2, 0.25) is 0 Å². The van der Waals surface area contributed by atoms with E-state index in [1.165, 1.54) is 11.3 Å². The van der Waals surface area contributed by atoms with Crippen LogP contribution in [0.15, 0.2) is 6.07 Å². The molecule has 0 unspecified atom stereocenters. The second kappa shape index (κ2) is 3.48. The number of halogens is 2. The van der Waals surface area contributed by atoms with Crippen LogP contribution in [0, 0.1) is 10.9 Å². The van der Waals surface area contributed by atoms with Crippen molar-refractivity contribution >= 4 is 32.1 Å². The van der Waals surface area contributed by atoms with Gasteiger partial charge in [0.1, 0.15) is 0 Å². The molecule has 3 heterocycles. The summed E-state index contributed by atoms with van der Waals surface area (Å²) in [6.45, 7) is 1.10. The molecule has 1 saturated heterocycles. The summed E-state index contributed by atoms with van der Waals surface area (Å²) in [5.74, 6) is -0.760. The van der Waals surface area contributed by atoms with Crippen molar-refractivity contribution in [2.75, 3.05) is 13.2 Å². The first kappa shape index (κ1) is 9.65. The molecule has 0 N–H and O–H groups in total. The Morgan fingerprint density at radius 2 is 1.93 bits per heavy atom. The molecule has 0 saturated carbocycles. The van der Waals surface area contributed by atoms with Gasteiger partial charge in [0.15, 0.2) is 12.1 Å². The lowest BCUT2D eigenvalue weighted by Crippen LogP contribution is -1.93. The van der Waals surface area contributed by atoms with E-state index >= 15 is 0 Å². The third kappa shape index (κ3) is 1.48. The summed E-state index contributed by atoms with van der Waals surface area (Å²) < 4.78 is 37.6. The molecule has 2 nitrogen and oxygen atoms in total. The number of fused-ring (bicyclic) bond motifs is 1. The van der Waals surface area contributed by atoms with Gasteiger partial charge in [-0.2, -0.15) is 4.39 Å². The summed E-state index contributed by atoms with van der Waals surface area (Å²) in [5, 5.41) is -0.754. The molecule has 1 aliphatic rings. The van der Waals surface area contributed by atoms with Gasteiger partial charge >= 0.3 is 0 Å². The minimum Gasteiger partial charge on any atom is -0.345 e. The fourth-order valence-corrected chi connectivity index (χ4v) is 3.62. The van der Waals surface area contributed by atoms with Crippen molar-refractivity contribution in [1.82, 2.24) is 0 Å². The average Bonchev–Trinajstić information content (AvgIpc) is 2.86. The monoisotopic (exact) mass is 248 g/mol. The third-order valence-electron chi connectivity index (χ3n) is 2.14. The molecule has 2 aromatic rings. The lowest BCUT2D eigenvalue weighted by atomic mass is 10.4. The fourth-order valence-electron chi connectivity index (χ4n) is 1.49. The molecule has 15 heavy (non-hydrogen) atoms. The van der Waals surface area contributed by atoms with Crippen molar-refractivity contribution in [3.63, 3.8) is 0 Å². The van der Waals surface area contributed by atoms with Crippen molar-refractivity contribution in [2.24, 2.45) is 0 Å². The molecule has 0 bridgehead atoms. The molecule has 0 atom stereocenters. The predicted molar refractivity (Wildman–Crippen MR) is 54.3 cm³/mol. The number of hydrogen-bond acceptors (Lipinski definition) is 4. The Kier molecular flexibility index (Phi) is 2.24. The van der Waals surface area contributed by atoms with Crippen LogP contribution in [0.3, 0.4) is 0 Å². The van der Waals surface area contributed by atoms with Gasteiger partial charge in [-0.15, -0.1) is 22.7 Å². The van der Waals surface area contributed by atoms with E-state index in [0.717, 1.165) is 16.2 Å². The molecule has 80 valence electrons. The number of thiophene rings is 2. The minimum absolute atomic E-state index is 0.353. The quantitative estimate of drug-likeness (QED) is 0.771. The Morgan fingerprint density at radius 1 is 1.20 bits per heavy atom. The lowest BCUT2D eigenvalue weighted by Gasteiger charge is -2.04. The second-order valence-electron chi connectivity index (χ2n) is 3.11. The van der Waals surface area contributed by atoms with Crippen LogP contribution in [0.25, 0.3) is 9.40 Å². The van der Waals surface area contributed by atoms with Crippen LogP contribution in [-0.4, -0.2) is 13.2 Å². The maximum Gasteiger partial charge on any atom is 0.214 e. The molecule has 0 radical (unpaired) electrons. The Balaban J connectivity index is 2.06. The standard InChI is InChI=1S/C9H6F2O2S2/c10-6-7-4(15-8(6)11)3-5(14-7)9-12-1-2-13-9/h3,9H,1-2H2. The van der Waals surface area contributed by atoms with E-state index in [-0.39, 0.29) is 0 Å². The molecule has 0 aliphatic carbocycles. The highest BCUT2D eigenvalue weighted by atomic mass is 32.1. The third-order valence-corrected chi connectivity index (χ3v) is 4.32. The molecule has 1 aliphatic heterocycles. The van der Waals surface area contributed by atoms with Gasteiger partial charge in [0.05, 0.1) is 27.5 Å². The summed E-state index contributed by atoms with van der Waals surface area (Å²) in [5.41, 5.74) is 0. The van der Waals surface area contributed by atoms with Gasteiger partial charge in [0.2, 0.25) is 5.13 Å². The summed E-state index contributed by atoms with van der Waals surface area (Å²) >= 11 is 2.00. The van der Waals surface area contributed by atoms with Crippen LogP contribution in [0.5, 0.6) is 0 Å². The van der Waals surface area contributed by atoms with Gasteiger partial charge in [-0.25, -0.2) is 4.39 Å². The van der Waals surface area contributed by atoms with Gasteiger partial charge in [-0.3, -0.25) is 0 Å². The van der Waals surface area contributed by atoms with E-state index in [4.69, 9.17) is 9.47 Å². The summed E-state index contributed by atoms with van der Waals surface area (Å²) in [6.07, 6.45) is -0.405. The topological polar surface area (TPSA) is 18.5 Å². The zero-order chi connectivity index (χ0) is 10.4. The molecule has 0 amide bonds. The normalized spacial score (nSPS) is 18.0. The minimum atomic E-state index is -0.760. The first-order chi connectivity index (χ1) is 7.25. The SMILES string of the molecule is Fc1sc2cc(C3OCCO3)sc2c1F. The zero-order valence-electron chi connectivity index (χ0n) is 7.46. The van der Waals surface area contributed by atoms with E-state index in [1.807, 2.05) is 0 Å². The van der Waals surface area contributed by atoms with Crippen LogP contribution < -0.4 is 0 Å². The summed E-state index contributed by atoms with van der Waals surface area (Å²) in [4.78, 5) is 0.799. The van der Waals surface area contributed by atoms with Crippen LogP contribution in [0.1, 0.15) is 11.2 Å². The molecule has 6 heteroatoms. The highest BCUT2D eigenvalue weighted by molar-refractivity contribution is 7.27. The van der Waals surface area contributed by atoms with Crippen molar-refractivity contribution < 1.29 is 18.3 Å². The maximum atomic E-state index is 13.2. The lowest BCUT2D eigenvalue weighted by molar-refractivity contribution is -0.0412. The predicted octanol–water partition coefficient (Wildman–Crippen LogP) is 3.29. The van der Waals surface area contributed by atoms with E-state index in [0.29, 0.717) is 22.6 Å². The Bertz CT molecular complexity index is 499. The van der Waals surface area contributed by atoms with Gasteiger partial charge in [0, 0.05) is 0 Å². The number of hydrogen-bond donors (Lipinski definition) is 0. The molecular formula is C9H6F2O2S2. The molecule has 2 aromatic heterocycles. The molecule has 0 aromatic carbocycles. The van der Waals surface area contributed by atoms with Crippen LogP contribution in [-0.2, 0) is 9.47 Å². The van der Waals surface area contributed by atoms with Crippen molar-refractivity contribution in [3.05, 3.63) is 21.9 Å². The molecular weight excluding hydrogens is 242 g/mol. The Labute approximate surface area is 92.0 Å². The van der Waals surface area contributed by atoms with Gasteiger partial charge in [0.25, 0.3) is 0 Å². The number of rotatable bonds is 1. The number of ether oxygens (including phenoxy) is 2. The fraction of sp³-hybridized carbons (Fsp3) is 0.333. The first-order valence-electron chi connectivity index (χ1n) is 4.36. The van der Waals surface area contributed by atoms with E-state index in [2.05, 4.69) is 0 Å². The van der Waals surface area contributed by atoms with Crippen molar-refractivity contribution in [2.45, 2.75) is 6.29 Å². The average molecular weight is 248 g/mol. The zero-order valence-corrected chi connectivity index (χ0v) is 9.09. The molecule has 3 rings (SSSR count).